The van der Waals surface area contributed by atoms with Gasteiger partial charge >= 0.3 is 0 Å². The summed E-state index contributed by atoms with van der Waals surface area (Å²) < 4.78 is 14.4. The van der Waals surface area contributed by atoms with Crippen LogP contribution in [0.25, 0.3) is 5.69 Å². The second-order valence-corrected chi connectivity index (χ2v) is 15.1. The summed E-state index contributed by atoms with van der Waals surface area (Å²) in [6.07, 6.45) is 8.85. The first-order valence-electron chi connectivity index (χ1n) is 11.6. The van der Waals surface area contributed by atoms with E-state index >= 15 is 0 Å². The SMILES string of the molecule is COc1cc(Nc2ncc3c(n2)C(O[Si](C)(C)C(C)(C)C)CCC3)ccc1-n1cnc(C)c1. The highest BCUT2D eigenvalue weighted by molar-refractivity contribution is 6.74. The van der Waals surface area contributed by atoms with E-state index in [-0.39, 0.29) is 11.1 Å². The minimum absolute atomic E-state index is 0.0274. The van der Waals surface area contributed by atoms with Crippen molar-refractivity contribution in [2.24, 2.45) is 0 Å². The molecule has 0 saturated heterocycles. The number of fused-ring (bicyclic) bond motifs is 1. The monoisotopic (exact) mass is 465 g/mol. The van der Waals surface area contributed by atoms with Crippen LogP contribution < -0.4 is 10.1 Å². The predicted molar refractivity (Wildman–Crippen MR) is 134 cm³/mol. The van der Waals surface area contributed by atoms with Crippen molar-refractivity contribution in [1.29, 1.82) is 0 Å². The molecule has 1 N–H and O–H groups in total. The third kappa shape index (κ3) is 4.96. The van der Waals surface area contributed by atoms with Gasteiger partial charge in [0.05, 0.1) is 36.6 Å². The molecule has 0 fully saturated rings. The third-order valence-electron chi connectivity index (χ3n) is 6.78. The van der Waals surface area contributed by atoms with Crippen molar-refractivity contribution < 1.29 is 9.16 Å². The number of aryl methyl sites for hydroxylation is 2. The summed E-state index contributed by atoms with van der Waals surface area (Å²) in [4.78, 5) is 13.8. The molecule has 0 aliphatic heterocycles. The van der Waals surface area contributed by atoms with Gasteiger partial charge in [0.25, 0.3) is 0 Å². The summed E-state index contributed by atoms with van der Waals surface area (Å²) in [6.45, 7) is 13.4. The number of nitrogens with one attached hydrogen (secondary N) is 1. The maximum atomic E-state index is 6.77. The molecule has 2 heterocycles. The summed E-state index contributed by atoms with van der Waals surface area (Å²) in [5, 5.41) is 3.51. The third-order valence-corrected chi connectivity index (χ3v) is 11.3. The molecule has 0 bridgehead atoms. The number of benzene rings is 1. The molecular weight excluding hydrogens is 430 g/mol. The normalized spacial score (nSPS) is 16.4. The van der Waals surface area contributed by atoms with Crippen LogP contribution in [0.1, 0.15) is 56.7 Å². The number of ether oxygens (including phenoxy) is 1. The lowest BCUT2D eigenvalue weighted by atomic mass is 9.95. The van der Waals surface area contributed by atoms with Crippen molar-refractivity contribution >= 4 is 20.0 Å². The molecule has 2 aromatic heterocycles. The Hall–Kier alpha value is -2.71. The molecular formula is C25H35N5O2Si. The first-order chi connectivity index (χ1) is 15.6. The van der Waals surface area contributed by atoms with Gasteiger partial charge in [-0.1, -0.05) is 20.8 Å². The molecule has 0 saturated carbocycles. The van der Waals surface area contributed by atoms with Crippen LogP contribution in [0.5, 0.6) is 5.75 Å². The van der Waals surface area contributed by atoms with E-state index in [4.69, 9.17) is 14.1 Å². The van der Waals surface area contributed by atoms with E-state index in [0.29, 0.717) is 5.95 Å². The number of nitrogens with zero attached hydrogens (tertiary/aromatic N) is 4. The minimum Gasteiger partial charge on any atom is -0.494 e. The molecule has 1 unspecified atom stereocenters. The van der Waals surface area contributed by atoms with E-state index in [0.717, 1.165) is 47.8 Å². The summed E-state index contributed by atoms with van der Waals surface area (Å²) in [7, 11) is -0.235. The fourth-order valence-electron chi connectivity index (χ4n) is 3.86. The van der Waals surface area contributed by atoms with E-state index in [9.17, 15) is 0 Å². The van der Waals surface area contributed by atoms with Crippen molar-refractivity contribution in [1.82, 2.24) is 19.5 Å². The molecule has 3 aromatic rings. The molecule has 1 aliphatic carbocycles. The standard InChI is InChI=1S/C25H35N5O2Si/c1-17-15-30(16-27-17)20-12-11-19(13-22(20)31-5)28-24-26-14-18-9-8-10-21(23(18)29-24)32-33(6,7)25(2,3)4/h11-16,21H,8-10H2,1-7H3,(H,26,28,29). The van der Waals surface area contributed by atoms with E-state index in [1.807, 2.05) is 42.1 Å². The highest BCUT2D eigenvalue weighted by Crippen LogP contribution is 2.42. The molecule has 176 valence electrons. The summed E-state index contributed by atoms with van der Waals surface area (Å²) >= 11 is 0. The molecule has 7 nitrogen and oxygen atoms in total. The van der Waals surface area contributed by atoms with E-state index in [1.165, 1.54) is 5.56 Å². The van der Waals surface area contributed by atoms with Crippen molar-refractivity contribution in [2.75, 3.05) is 12.4 Å². The van der Waals surface area contributed by atoms with E-state index in [1.54, 1.807) is 13.4 Å². The molecule has 1 aliphatic rings. The lowest BCUT2D eigenvalue weighted by Gasteiger charge is -2.40. The highest BCUT2D eigenvalue weighted by atomic mass is 28.4. The Morgan fingerprint density at radius 1 is 1.18 bits per heavy atom. The van der Waals surface area contributed by atoms with Crippen LogP contribution in [-0.2, 0) is 10.8 Å². The van der Waals surface area contributed by atoms with Crippen LogP contribution in [0.15, 0.2) is 36.9 Å². The van der Waals surface area contributed by atoms with Gasteiger partial charge in [-0.15, -0.1) is 0 Å². The Morgan fingerprint density at radius 3 is 2.64 bits per heavy atom. The van der Waals surface area contributed by atoms with E-state index < -0.39 is 8.32 Å². The van der Waals surface area contributed by atoms with Gasteiger partial charge < -0.3 is 19.0 Å². The number of anilines is 2. The van der Waals surface area contributed by atoms with Crippen LogP contribution >= 0.6 is 0 Å². The van der Waals surface area contributed by atoms with Crippen LogP contribution in [0.4, 0.5) is 11.6 Å². The molecule has 0 amide bonds. The van der Waals surface area contributed by atoms with Gasteiger partial charge in [-0.2, -0.15) is 0 Å². The summed E-state index contributed by atoms with van der Waals surface area (Å²) in [6, 6.07) is 5.96. The molecule has 33 heavy (non-hydrogen) atoms. The molecule has 4 rings (SSSR count). The van der Waals surface area contributed by atoms with Gasteiger partial charge in [0.15, 0.2) is 8.32 Å². The first-order valence-corrected chi connectivity index (χ1v) is 14.5. The number of hydrogen-bond acceptors (Lipinski definition) is 6. The second kappa shape index (κ2) is 8.91. The lowest BCUT2D eigenvalue weighted by molar-refractivity contribution is 0.158. The van der Waals surface area contributed by atoms with Crippen molar-refractivity contribution in [3.8, 4) is 11.4 Å². The predicted octanol–water partition coefficient (Wildman–Crippen LogP) is 6.12. The Balaban J connectivity index is 1.59. The van der Waals surface area contributed by atoms with Crippen LogP contribution in [-0.4, -0.2) is 34.9 Å². The number of methoxy groups -OCH3 is 1. The van der Waals surface area contributed by atoms with Crippen molar-refractivity contribution in [2.45, 2.75) is 71.2 Å². The second-order valence-electron chi connectivity index (χ2n) is 10.3. The molecule has 0 radical (unpaired) electrons. The minimum atomic E-state index is -1.91. The Bertz CT molecular complexity index is 1140. The lowest BCUT2D eigenvalue weighted by Crippen LogP contribution is -2.42. The molecule has 0 spiro atoms. The van der Waals surface area contributed by atoms with Crippen molar-refractivity contribution in [3.05, 3.63) is 53.9 Å². The van der Waals surface area contributed by atoms with Crippen LogP contribution in [0.2, 0.25) is 18.1 Å². The van der Waals surface area contributed by atoms with Gasteiger partial charge in [-0.3, -0.25) is 0 Å². The zero-order valence-electron chi connectivity index (χ0n) is 20.8. The topological polar surface area (TPSA) is 74.1 Å². The highest BCUT2D eigenvalue weighted by Gasteiger charge is 2.40. The Kier molecular flexibility index (Phi) is 6.33. The fourth-order valence-corrected chi connectivity index (χ4v) is 5.16. The molecule has 8 heteroatoms. The first kappa shape index (κ1) is 23.4. The van der Waals surface area contributed by atoms with Gasteiger partial charge in [-0.05, 0) is 62.0 Å². The Labute approximate surface area is 197 Å². The average Bonchev–Trinajstić information content (AvgIpc) is 3.19. The zero-order chi connectivity index (χ0) is 23.8. The maximum Gasteiger partial charge on any atom is 0.227 e. The molecule has 1 atom stereocenters. The van der Waals surface area contributed by atoms with Crippen molar-refractivity contribution in [3.63, 3.8) is 0 Å². The van der Waals surface area contributed by atoms with Gasteiger partial charge in [-0.25, -0.2) is 15.0 Å². The number of imidazole rings is 1. The van der Waals surface area contributed by atoms with Crippen LogP contribution in [0.3, 0.4) is 0 Å². The largest absolute Gasteiger partial charge is 0.494 e. The number of rotatable bonds is 6. The Morgan fingerprint density at radius 2 is 1.97 bits per heavy atom. The maximum absolute atomic E-state index is 6.77. The molecule has 1 aromatic carbocycles. The van der Waals surface area contributed by atoms with E-state index in [2.05, 4.69) is 49.1 Å². The smallest absolute Gasteiger partial charge is 0.227 e. The number of hydrogen-bond donors (Lipinski definition) is 1. The quantitative estimate of drug-likeness (QED) is 0.442. The van der Waals surface area contributed by atoms with Gasteiger partial charge in [0, 0.05) is 24.1 Å². The summed E-state index contributed by atoms with van der Waals surface area (Å²) in [5.41, 5.74) is 4.97. The fraction of sp³-hybridized carbons (Fsp3) is 0.480. The zero-order valence-corrected chi connectivity index (χ0v) is 21.8. The van der Waals surface area contributed by atoms with Crippen LogP contribution in [0, 0.1) is 6.92 Å². The average molecular weight is 466 g/mol. The van der Waals surface area contributed by atoms with Gasteiger partial charge in [0.1, 0.15) is 5.75 Å². The van der Waals surface area contributed by atoms with Gasteiger partial charge in [0.2, 0.25) is 5.95 Å². The number of aromatic nitrogens is 4. The summed E-state index contributed by atoms with van der Waals surface area (Å²) in [5.74, 6) is 1.32.